The fourth-order valence-electron chi connectivity index (χ4n) is 2.95. The summed E-state index contributed by atoms with van der Waals surface area (Å²) in [6.45, 7) is 3.93. The monoisotopic (exact) mass is 300 g/mol. The van der Waals surface area contributed by atoms with Gasteiger partial charge in [0.05, 0.1) is 5.52 Å². The van der Waals surface area contributed by atoms with Crippen molar-refractivity contribution in [2.75, 3.05) is 38.1 Å². The second-order valence-corrected chi connectivity index (χ2v) is 5.71. The summed E-state index contributed by atoms with van der Waals surface area (Å²) in [5, 5.41) is 2.74. The Morgan fingerprint density at radius 1 is 1.14 bits per heavy atom. The summed E-state index contributed by atoms with van der Waals surface area (Å²) in [5.41, 5.74) is 1.13. The van der Waals surface area contributed by atoms with Gasteiger partial charge < -0.3 is 19.3 Å². The molecule has 0 radical (unpaired) electrons. The fraction of sp³-hybridized carbons (Fsp3) is 0.333. The highest BCUT2D eigenvalue weighted by atomic mass is 16.5. The third kappa shape index (κ3) is 1.93. The molecule has 1 aliphatic rings. The lowest BCUT2D eigenvalue weighted by Crippen LogP contribution is -2.44. The topological polar surface area (TPSA) is 85.3 Å². The molecule has 0 unspecified atom stereocenters. The number of hydrogen-bond donors (Lipinski definition) is 2. The number of fused-ring (bicyclic) bond motifs is 2. The molecular formula is C15H16N4O3. The van der Waals surface area contributed by atoms with Crippen LogP contribution in [0, 0.1) is 0 Å². The zero-order valence-corrected chi connectivity index (χ0v) is 12.2. The SMILES string of the molecule is CN1CCN(c2ccc3c(=O)c4c(=O)[nH]oc4[nH]c3c2)CC1. The van der Waals surface area contributed by atoms with E-state index in [1.165, 1.54) is 0 Å². The van der Waals surface area contributed by atoms with Gasteiger partial charge in [0.2, 0.25) is 11.1 Å². The first-order valence-electron chi connectivity index (χ1n) is 7.24. The number of anilines is 1. The number of benzene rings is 1. The van der Waals surface area contributed by atoms with E-state index < -0.39 is 5.56 Å². The highest BCUT2D eigenvalue weighted by Crippen LogP contribution is 2.21. The van der Waals surface area contributed by atoms with Gasteiger partial charge >= 0.3 is 0 Å². The maximum Gasteiger partial charge on any atom is 0.293 e. The Labute approximate surface area is 125 Å². The van der Waals surface area contributed by atoms with E-state index in [0.29, 0.717) is 10.9 Å². The van der Waals surface area contributed by atoms with E-state index in [-0.39, 0.29) is 16.5 Å². The van der Waals surface area contributed by atoms with Crippen LogP contribution in [0.2, 0.25) is 0 Å². The van der Waals surface area contributed by atoms with E-state index in [0.717, 1.165) is 31.9 Å². The third-order valence-electron chi connectivity index (χ3n) is 4.29. The van der Waals surface area contributed by atoms with Gasteiger partial charge in [-0.1, -0.05) is 0 Å². The lowest BCUT2D eigenvalue weighted by Gasteiger charge is -2.34. The van der Waals surface area contributed by atoms with Crippen LogP contribution in [0.5, 0.6) is 0 Å². The number of hydrogen-bond acceptors (Lipinski definition) is 5. The number of likely N-dealkylation sites (N-methyl/N-ethyl adjacent to an activating group) is 1. The van der Waals surface area contributed by atoms with Gasteiger partial charge in [-0.15, -0.1) is 0 Å². The molecule has 1 aromatic carbocycles. The van der Waals surface area contributed by atoms with Gasteiger partial charge in [-0.05, 0) is 25.2 Å². The van der Waals surface area contributed by atoms with Crippen LogP contribution in [0.3, 0.4) is 0 Å². The maximum absolute atomic E-state index is 12.4. The number of pyridine rings is 1. The fourth-order valence-corrected chi connectivity index (χ4v) is 2.95. The minimum atomic E-state index is -0.499. The molecule has 0 saturated carbocycles. The van der Waals surface area contributed by atoms with Crippen molar-refractivity contribution in [3.05, 3.63) is 38.8 Å². The van der Waals surface area contributed by atoms with Gasteiger partial charge in [0.15, 0.2) is 5.39 Å². The van der Waals surface area contributed by atoms with E-state index in [2.05, 4.69) is 27.0 Å². The molecule has 2 aromatic heterocycles. The molecule has 0 aliphatic carbocycles. The highest BCUT2D eigenvalue weighted by molar-refractivity contribution is 5.91. The van der Waals surface area contributed by atoms with Gasteiger partial charge in [0, 0.05) is 37.3 Å². The molecule has 2 N–H and O–H groups in total. The number of piperazine rings is 1. The van der Waals surface area contributed by atoms with E-state index in [1.807, 2.05) is 12.1 Å². The van der Waals surface area contributed by atoms with Crippen LogP contribution < -0.4 is 15.9 Å². The summed E-state index contributed by atoms with van der Waals surface area (Å²) in [5.74, 6) is 0. The van der Waals surface area contributed by atoms with E-state index in [1.54, 1.807) is 6.07 Å². The number of aromatic nitrogens is 2. The molecule has 114 valence electrons. The van der Waals surface area contributed by atoms with Crippen molar-refractivity contribution >= 4 is 27.7 Å². The summed E-state index contributed by atoms with van der Waals surface area (Å²) in [7, 11) is 2.11. The first-order chi connectivity index (χ1) is 10.6. The van der Waals surface area contributed by atoms with Crippen LogP contribution >= 0.6 is 0 Å². The number of nitrogens with zero attached hydrogens (tertiary/aromatic N) is 2. The molecule has 22 heavy (non-hydrogen) atoms. The molecule has 4 rings (SSSR count). The van der Waals surface area contributed by atoms with Crippen molar-refractivity contribution in [3.63, 3.8) is 0 Å². The smallest absolute Gasteiger partial charge is 0.293 e. The minimum Gasteiger partial charge on any atom is -0.369 e. The average molecular weight is 300 g/mol. The molecule has 3 heterocycles. The van der Waals surface area contributed by atoms with Crippen LogP contribution in [0.1, 0.15) is 0 Å². The molecular weight excluding hydrogens is 284 g/mol. The van der Waals surface area contributed by atoms with Crippen molar-refractivity contribution in [2.24, 2.45) is 0 Å². The second kappa shape index (κ2) is 4.74. The van der Waals surface area contributed by atoms with Crippen molar-refractivity contribution in [3.8, 4) is 0 Å². The normalized spacial score (nSPS) is 16.7. The van der Waals surface area contributed by atoms with Crippen molar-refractivity contribution < 1.29 is 4.52 Å². The molecule has 0 amide bonds. The van der Waals surface area contributed by atoms with Crippen molar-refractivity contribution in [1.29, 1.82) is 0 Å². The van der Waals surface area contributed by atoms with Crippen LogP contribution in [-0.4, -0.2) is 48.3 Å². The average Bonchev–Trinajstić information content (AvgIpc) is 2.89. The zero-order valence-electron chi connectivity index (χ0n) is 12.2. The Morgan fingerprint density at radius 2 is 1.91 bits per heavy atom. The Balaban J connectivity index is 1.86. The van der Waals surface area contributed by atoms with Crippen molar-refractivity contribution in [2.45, 2.75) is 0 Å². The minimum absolute atomic E-state index is 0.0415. The van der Waals surface area contributed by atoms with E-state index in [9.17, 15) is 9.59 Å². The van der Waals surface area contributed by atoms with Crippen LogP contribution in [0.25, 0.3) is 22.0 Å². The van der Waals surface area contributed by atoms with Crippen LogP contribution in [0.15, 0.2) is 32.3 Å². The molecule has 1 aliphatic heterocycles. The second-order valence-electron chi connectivity index (χ2n) is 5.71. The molecule has 0 spiro atoms. The molecule has 7 heteroatoms. The standard InChI is InChI=1S/C15H16N4O3/c1-18-4-6-19(7-5-18)9-2-3-10-11(8-9)16-15-12(13(10)20)14(21)17-22-15/h2-3,8H,4-7H2,1H3,(H,16,20)(H,17,21). The maximum atomic E-state index is 12.4. The van der Waals surface area contributed by atoms with Gasteiger partial charge in [-0.2, -0.15) is 5.16 Å². The van der Waals surface area contributed by atoms with Crippen LogP contribution in [-0.2, 0) is 0 Å². The molecule has 1 saturated heterocycles. The summed E-state index contributed by atoms with van der Waals surface area (Å²) >= 11 is 0. The predicted molar refractivity (Wildman–Crippen MR) is 84.7 cm³/mol. The Hall–Kier alpha value is -2.54. The summed E-state index contributed by atoms with van der Waals surface area (Å²) in [6.07, 6.45) is 0. The molecule has 1 fully saturated rings. The first kappa shape index (κ1) is 13.1. The third-order valence-corrected chi connectivity index (χ3v) is 4.29. The van der Waals surface area contributed by atoms with Gasteiger partial charge in [-0.25, -0.2) is 0 Å². The Bertz CT molecular complexity index is 960. The van der Waals surface area contributed by atoms with E-state index in [4.69, 9.17) is 4.52 Å². The summed E-state index contributed by atoms with van der Waals surface area (Å²) < 4.78 is 5.02. The Kier molecular flexibility index (Phi) is 2.83. The largest absolute Gasteiger partial charge is 0.369 e. The predicted octanol–water partition coefficient (Wildman–Crippen LogP) is 0.714. The summed E-state index contributed by atoms with van der Waals surface area (Å²) in [4.78, 5) is 31.6. The Morgan fingerprint density at radius 3 is 2.68 bits per heavy atom. The molecule has 3 aromatic rings. The summed E-state index contributed by atoms with van der Waals surface area (Å²) in [6, 6.07) is 5.64. The first-order valence-corrected chi connectivity index (χ1v) is 7.24. The molecule has 0 atom stereocenters. The number of H-pyrrole nitrogens is 2. The molecule has 0 bridgehead atoms. The lowest BCUT2D eigenvalue weighted by atomic mass is 10.1. The van der Waals surface area contributed by atoms with E-state index >= 15 is 0 Å². The van der Waals surface area contributed by atoms with Gasteiger partial charge in [-0.3, -0.25) is 9.59 Å². The number of rotatable bonds is 1. The zero-order chi connectivity index (χ0) is 15.3. The lowest BCUT2D eigenvalue weighted by molar-refractivity contribution is 0.313. The molecule has 7 nitrogen and oxygen atoms in total. The van der Waals surface area contributed by atoms with Gasteiger partial charge in [0.1, 0.15) is 0 Å². The quantitative estimate of drug-likeness (QED) is 0.691. The van der Waals surface area contributed by atoms with Crippen molar-refractivity contribution in [1.82, 2.24) is 15.0 Å². The van der Waals surface area contributed by atoms with Crippen LogP contribution in [0.4, 0.5) is 5.69 Å². The highest BCUT2D eigenvalue weighted by Gasteiger charge is 2.16. The number of nitrogens with one attached hydrogen (secondary N) is 2. The van der Waals surface area contributed by atoms with Gasteiger partial charge in [0.25, 0.3) is 5.56 Å². The number of aromatic amines is 2.